The molecule has 0 spiro atoms. The molecule has 0 bridgehead atoms. The highest BCUT2D eigenvalue weighted by atomic mass is 32.2. The molecule has 0 saturated heterocycles. The molecule has 1 atom stereocenters. The average molecular weight is 352 g/mol. The fraction of sp³-hybridized carbons (Fsp3) is 0.400. The molecule has 1 aromatic carbocycles. The van der Waals surface area contributed by atoms with Gasteiger partial charge in [-0.25, -0.2) is 0 Å². The summed E-state index contributed by atoms with van der Waals surface area (Å²) in [7, 11) is 1.63. The Kier molecular flexibility index (Phi) is 6.23. The number of nitrogens with zero attached hydrogens (tertiary/aromatic N) is 2. The van der Waals surface area contributed by atoms with Crippen molar-refractivity contribution >= 4 is 34.1 Å². The standard InChI is InChI=1S/C15H20N4O2S2/c1-9(2)13(10-4-6-11(21-3)7-5-10)17-12(20)8-22-15-19-18-14(16)23-15/h4-7,9,13H,8H2,1-3H3,(H2,16,18)(H,17,20). The van der Waals surface area contributed by atoms with Gasteiger partial charge in [0.1, 0.15) is 5.75 Å². The fourth-order valence-electron chi connectivity index (χ4n) is 2.07. The molecule has 3 N–H and O–H groups in total. The van der Waals surface area contributed by atoms with Crippen molar-refractivity contribution in [3.8, 4) is 5.75 Å². The van der Waals surface area contributed by atoms with E-state index >= 15 is 0 Å². The summed E-state index contributed by atoms with van der Waals surface area (Å²) in [6, 6.07) is 7.70. The highest BCUT2D eigenvalue weighted by molar-refractivity contribution is 8.01. The van der Waals surface area contributed by atoms with Crippen molar-refractivity contribution in [2.75, 3.05) is 18.6 Å². The van der Waals surface area contributed by atoms with E-state index in [-0.39, 0.29) is 23.6 Å². The van der Waals surface area contributed by atoms with Gasteiger partial charge in [-0.1, -0.05) is 49.1 Å². The minimum Gasteiger partial charge on any atom is -0.497 e. The molecule has 0 aliphatic carbocycles. The number of methoxy groups -OCH3 is 1. The fourth-order valence-corrected chi connectivity index (χ4v) is 3.51. The number of aromatic nitrogens is 2. The van der Waals surface area contributed by atoms with Crippen LogP contribution in [0.25, 0.3) is 0 Å². The van der Waals surface area contributed by atoms with Crippen molar-refractivity contribution in [2.45, 2.75) is 24.2 Å². The molecule has 0 radical (unpaired) electrons. The minimum atomic E-state index is -0.0477. The summed E-state index contributed by atoms with van der Waals surface area (Å²) in [5.41, 5.74) is 6.58. The van der Waals surface area contributed by atoms with E-state index in [2.05, 4.69) is 29.4 Å². The summed E-state index contributed by atoms with van der Waals surface area (Å²) in [4.78, 5) is 12.2. The Hall–Kier alpha value is -1.80. The van der Waals surface area contributed by atoms with Crippen molar-refractivity contribution in [1.29, 1.82) is 0 Å². The van der Waals surface area contributed by atoms with Gasteiger partial charge in [-0.3, -0.25) is 4.79 Å². The molecule has 124 valence electrons. The third-order valence-electron chi connectivity index (χ3n) is 3.21. The van der Waals surface area contributed by atoms with E-state index in [1.165, 1.54) is 23.1 Å². The molecule has 2 rings (SSSR count). The zero-order valence-corrected chi connectivity index (χ0v) is 14.9. The second-order valence-corrected chi connectivity index (χ2v) is 7.49. The van der Waals surface area contributed by atoms with E-state index in [0.717, 1.165) is 11.3 Å². The van der Waals surface area contributed by atoms with Crippen LogP contribution in [0.5, 0.6) is 5.75 Å². The summed E-state index contributed by atoms with van der Waals surface area (Å²) < 4.78 is 5.86. The number of nitrogens with two attached hydrogens (primary N) is 1. The van der Waals surface area contributed by atoms with Gasteiger partial charge in [0.2, 0.25) is 11.0 Å². The summed E-state index contributed by atoms with van der Waals surface area (Å²) in [5, 5.41) is 11.1. The topological polar surface area (TPSA) is 90.1 Å². The lowest BCUT2D eigenvalue weighted by molar-refractivity contribution is -0.119. The van der Waals surface area contributed by atoms with Crippen molar-refractivity contribution in [2.24, 2.45) is 5.92 Å². The third kappa shape index (κ3) is 5.11. The van der Waals surface area contributed by atoms with Gasteiger partial charge in [-0.2, -0.15) is 0 Å². The number of thioether (sulfide) groups is 1. The number of anilines is 1. The highest BCUT2D eigenvalue weighted by Crippen LogP contribution is 2.26. The summed E-state index contributed by atoms with van der Waals surface area (Å²) in [5.74, 6) is 1.31. The Morgan fingerprint density at radius 3 is 2.57 bits per heavy atom. The molecule has 2 aromatic rings. The maximum atomic E-state index is 12.2. The quantitative estimate of drug-likeness (QED) is 0.745. The zero-order valence-electron chi connectivity index (χ0n) is 13.3. The third-order valence-corrected chi connectivity index (χ3v) is 5.09. The number of rotatable bonds is 7. The van der Waals surface area contributed by atoms with Crippen LogP contribution < -0.4 is 15.8 Å². The number of hydrogen-bond acceptors (Lipinski definition) is 7. The van der Waals surface area contributed by atoms with Crippen molar-refractivity contribution in [3.05, 3.63) is 29.8 Å². The Morgan fingerprint density at radius 2 is 2.04 bits per heavy atom. The summed E-state index contributed by atoms with van der Waals surface area (Å²) in [6.07, 6.45) is 0. The molecule has 1 heterocycles. The van der Waals surface area contributed by atoms with E-state index in [4.69, 9.17) is 10.5 Å². The van der Waals surface area contributed by atoms with Crippen LogP contribution in [0.4, 0.5) is 5.13 Å². The Morgan fingerprint density at radius 1 is 1.35 bits per heavy atom. The van der Waals surface area contributed by atoms with Gasteiger partial charge in [0.15, 0.2) is 4.34 Å². The number of nitrogen functional groups attached to an aromatic ring is 1. The van der Waals surface area contributed by atoms with Crippen LogP contribution in [0, 0.1) is 5.92 Å². The van der Waals surface area contributed by atoms with Crippen LogP contribution in [0.3, 0.4) is 0 Å². The van der Waals surface area contributed by atoms with Gasteiger partial charge < -0.3 is 15.8 Å². The van der Waals surface area contributed by atoms with E-state index in [0.29, 0.717) is 9.47 Å². The number of amides is 1. The number of hydrogen-bond donors (Lipinski definition) is 2. The smallest absolute Gasteiger partial charge is 0.230 e. The predicted molar refractivity (Wildman–Crippen MR) is 93.8 cm³/mol. The number of ether oxygens (including phenoxy) is 1. The maximum Gasteiger partial charge on any atom is 0.230 e. The lowest BCUT2D eigenvalue weighted by atomic mass is 9.96. The highest BCUT2D eigenvalue weighted by Gasteiger charge is 2.19. The SMILES string of the molecule is COc1ccc(C(NC(=O)CSc2nnc(N)s2)C(C)C)cc1. The molecule has 1 amide bonds. The molecular weight excluding hydrogens is 332 g/mol. The van der Waals surface area contributed by atoms with Gasteiger partial charge in [0.05, 0.1) is 18.9 Å². The molecule has 0 aliphatic heterocycles. The molecule has 0 fully saturated rings. The Bertz CT molecular complexity index is 643. The van der Waals surface area contributed by atoms with E-state index in [9.17, 15) is 4.79 Å². The monoisotopic (exact) mass is 352 g/mol. The largest absolute Gasteiger partial charge is 0.497 e. The molecule has 8 heteroatoms. The maximum absolute atomic E-state index is 12.2. The molecule has 1 unspecified atom stereocenters. The normalized spacial score (nSPS) is 12.2. The van der Waals surface area contributed by atoms with E-state index in [1.54, 1.807) is 7.11 Å². The molecule has 0 aliphatic rings. The first kappa shape index (κ1) is 17.6. The van der Waals surface area contributed by atoms with Crippen molar-refractivity contribution in [3.63, 3.8) is 0 Å². The van der Waals surface area contributed by atoms with Gasteiger partial charge >= 0.3 is 0 Å². The van der Waals surface area contributed by atoms with Gasteiger partial charge in [-0.05, 0) is 23.6 Å². The molecule has 6 nitrogen and oxygen atoms in total. The first-order valence-corrected chi connectivity index (χ1v) is 8.95. The number of carbonyl (C=O) groups is 1. The molecule has 1 aromatic heterocycles. The molecule has 0 saturated carbocycles. The summed E-state index contributed by atoms with van der Waals surface area (Å²) in [6.45, 7) is 4.15. The van der Waals surface area contributed by atoms with E-state index in [1.807, 2.05) is 24.3 Å². The van der Waals surface area contributed by atoms with Crippen molar-refractivity contribution in [1.82, 2.24) is 15.5 Å². The first-order valence-electron chi connectivity index (χ1n) is 7.14. The number of nitrogens with one attached hydrogen (secondary N) is 1. The zero-order chi connectivity index (χ0) is 16.8. The van der Waals surface area contributed by atoms with Crippen LogP contribution in [0.15, 0.2) is 28.6 Å². The second kappa shape index (κ2) is 8.16. The van der Waals surface area contributed by atoms with Gasteiger partial charge in [0.25, 0.3) is 0 Å². The van der Waals surface area contributed by atoms with Crippen LogP contribution in [0.2, 0.25) is 0 Å². The lowest BCUT2D eigenvalue weighted by Gasteiger charge is -2.23. The minimum absolute atomic E-state index is 0.0433. The second-order valence-electron chi connectivity index (χ2n) is 5.26. The van der Waals surface area contributed by atoms with Crippen LogP contribution in [0.1, 0.15) is 25.5 Å². The van der Waals surface area contributed by atoms with Crippen molar-refractivity contribution < 1.29 is 9.53 Å². The summed E-state index contributed by atoms with van der Waals surface area (Å²) >= 11 is 2.62. The lowest BCUT2D eigenvalue weighted by Crippen LogP contribution is -2.32. The van der Waals surface area contributed by atoms with Gasteiger partial charge in [-0.15, -0.1) is 10.2 Å². The van der Waals surface area contributed by atoms with Crippen LogP contribution in [-0.2, 0) is 4.79 Å². The van der Waals surface area contributed by atoms with Crippen LogP contribution >= 0.6 is 23.1 Å². The molecule has 23 heavy (non-hydrogen) atoms. The first-order chi connectivity index (χ1) is 11.0. The Balaban J connectivity index is 1.96. The van der Waals surface area contributed by atoms with E-state index < -0.39 is 0 Å². The molecular formula is C15H20N4O2S2. The average Bonchev–Trinajstić information content (AvgIpc) is 2.96. The van der Waals surface area contributed by atoms with Crippen LogP contribution in [-0.4, -0.2) is 29.0 Å². The Labute approximate surface area is 143 Å². The van der Waals surface area contributed by atoms with Gasteiger partial charge in [0, 0.05) is 0 Å². The number of benzene rings is 1. The number of carbonyl (C=O) groups excluding carboxylic acids is 1. The predicted octanol–water partition coefficient (Wildman–Crippen LogP) is 2.73.